The van der Waals surface area contributed by atoms with E-state index >= 15 is 0 Å². The SMILES string of the molecule is c1cc2c3c(scc3c1)-c1sc3cc4cc5sccc5cc4cc3c1C2. The first kappa shape index (κ1) is 13.9. The van der Waals surface area contributed by atoms with Crippen molar-refractivity contribution in [2.45, 2.75) is 6.42 Å². The zero-order valence-corrected chi connectivity index (χ0v) is 16.2. The molecule has 0 amide bonds. The number of rotatable bonds is 0. The van der Waals surface area contributed by atoms with Crippen LogP contribution in [0.4, 0.5) is 0 Å². The lowest BCUT2D eigenvalue weighted by molar-refractivity contribution is 1.24. The summed E-state index contributed by atoms with van der Waals surface area (Å²) < 4.78 is 2.80. The molecule has 0 bridgehead atoms. The van der Waals surface area contributed by atoms with E-state index in [-0.39, 0.29) is 0 Å². The molecular formula is C23H12S3. The lowest BCUT2D eigenvalue weighted by Gasteiger charge is -2.13. The van der Waals surface area contributed by atoms with Gasteiger partial charge in [0, 0.05) is 26.1 Å². The molecule has 3 aromatic heterocycles. The average Bonchev–Trinajstić information content (AvgIpc) is 3.36. The van der Waals surface area contributed by atoms with Crippen molar-refractivity contribution in [3.63, 3.8) is 0 Å². The Morgan fingerprint density at radius 3 is 2.65 bits per heavy atom. The van der Waals surface area contributed by atoms with Crippen molar-refractivity contribution in [3.8, 4) is 9.75 Å². The van der Waals surface area contributed by atoms with E-state index in [4.69, 9.17) is 0 Å². The normalized spacial score (nSPS) is 13.2. The van der Waals surface area contributed by atoms with Crippen LogP contribution < -0.4 is 0 Å². The third-order valence-electron chi connectivity index (χ3n) is 5.61. The molecule has 0 atom stereocenters. The number of benzene rings is 3. The van der Waals surface area contributed by atoms with Gasteiger partial charge in [-0.1, -0.05) is 18.2 Å². The molecular weight excluding hydrogens is 372 g/mol. The Balaban J connectivity index is 1.61. The van der Waals surface area contributed by atoms with Crippen LogP contribution in [-0.4, -0.2) is 0 Å². The van der Waals surface area contributed by atoms with E-state index in [1.54, 1.807) is 0 Å². The van der Waals surface area contributed by atoms with Crippen LogP contribution in [0, 0.1) is 0 Å². The van der Waals surface area contributed by atoms with Gasteiger partial charge in [0.1, 0.15) is 0 Å². The lowest BCUT2D eigenvalue weighted by Crippen LogP contribution is -1.95. The van der Waals surface area contributed by atoms with Crippen LogP contribution in [0.3, 0.4) is 0 Å². The van der Waals surface area contributed by atoms with Gasteiger partial charge < -0.3 is 0 Å². The van der Waals surface area contributed by atoms with Crippen LogP contribution in [0.15, 0.2) is 59.3 Å². The van der Waals surface area contributed by atoms with E-state index in [1.807, 2.05) is 34.0 Å². The summed E-state index contributed by atoms with van der Waals surface area (Å²) in [6, 6.07) is 18.5. The first-order valence-corrected chi connectivity index (χ1v) is 11.3. The molecule has 1 aliphatic rings. The topological polar surface area (TPSA) is 0 Å². The summed E-state index contributed by atoms with van der Waals surface area (Å²) in [5.74, 6) is 0. The van der Waals surface area contributed by atoms with Gasteiger partial charge >= 0.3 is 0 Å². The van der Waals surface area contributed by atoms with Gasteiger partial charge in [0.25, 0.3) is 0 Å². The second-order valence-electron chi connectivity index (χ2n) is 7.04. The number of hydrogen-bond acceptors (Lipinski definition) is 3. The molecule has 0 radical (unpaired) electrons. The molecule has 0 aliphatic heterocycles. The number of hydrogen-bond donors (Lipinski definition) is 0. The van der Waals surface area contributed by atoms with E-state index in [0.29, 0.717) is 0 Å². The smallest absolute Gasteiger partial charge is 0.0527 e. The summed E-state index contributed by atoms with van der Waals surface area (Å²) in [6.45, 7) is 0. The Labute approximate surface area is 161 Å². The van der Waals surface area contributed by atoms with Gasteiger partial charge in [0.05, 0.1) is 4.88 Å². The first-order valence-electron chi connectivity index (χ1n) is 8.71. The standard InChI is InChI=1S/C23H12S3/c1-2-13-7-18-17-8-15-6-12-4-5-24-19(12)9-16(15)10-20(17)26-22(18)23-21(13)14(3-1)11-25-23/h1-6,8-11H,7H2. The zero-order valence-electron chi connectivity index (χ0n) is 13.7. The maximum atomic E-state index is 2.43. The molecule has 7 rings (SSSR count). The maximum absolute atomic E-state index is 2.43. The third-order valence-corrected chi connectivity index (χ3v) is 8.85. The highest BCUT2D eigenvalue weighted by molar-refractivity contribution is 7.26. The van der Waals surface area contributed by atoms with Crippen LogP contribution in [0.2, 0.25) is 0 Å². The fourth-order valence-corrected chi connectivity index (χ4v) is 7.72. The summed E-state index contributed by atoms with van der Waals surface area (Å²) >= 11 is 5.71. The monoisotopic (exact) mass is 384 g/mol. The minimum absolute atomic E-state index is 1.06. The second kappa shape index (κ2) is 4.74. The molecule has 122 valence electrons. The molecule has 1 aliphatic carbocycles. The van der Waals surface area contributed by atoms with Crippen molar-refractivity contribution in [3.05, 3.63) is 70.4 Å². The molecule has 0 saturated heterocycles. The van der Waals surface area contributed by atoms with E-state index in [2.05, 4.69) is 59.3 Å². The van der Waals surface area contributed by atoms with Gasteiger partial charge in [0.15, 0.2) is 0 Å². The Morgan fingerprint density at radius 1 is 0.731 bits per heavy atom. The Bertz CT molecular complexity index is 1510. The second-order valence-corrected chi connectivity index (χ2v) is 9.92. The molecule has 0 N–H and O–H groups in total. The molecule has 0 spiro atoms. The highest BCUT2D eigenvalue weighted by atomic mass is 32.1. The fraction of sp³-hybridized carbons (Fsp3) is 0.0435. The first-order chi connectivity index (χ1) is 12.8. The molecule has 26 heavy (non-hydrogen) atoms. The molecule has 0 saturated carbocycles. The van der Waals surface area contributed by atoms with E-state index in [1.165, 1.54) is 62.6 Å². The largest absolute Gasteiger partial charge is 0.144 e. The summed E-state index contributed by atoms with van der Waals surface area (Å²) in [5.41, 5.74) is 3.01. The molecule has 0 fully saturated rings. The summed E-state index contributed by atoms with van der Waals surface area (Å²) in [4.78, 5) is 2.97. The summed E-state index contributed by atoms with van der Waals surface area (Å²) in [6.07, 6.45) is 1.06. The highest BCUT2D eigenvalue weighted by Gasteiger charge is 2.24. The van der Waals surface area contributed by atoms with E-state index < -0.39 is 0 Å². The highest BCUT2D eigenvalue weighted by Crippen LogP contribution is 2.50. The lowest BCUT2D eigenvalue weighted by atomic mass is 9.91. The van der Waals surface area contributed by atoms with Crippen molar-refractivity contribution >= 4 is 75.7 Å². The van der Waals surface area contributed by atoms with Crippen molar-refractivity contribution in [1.29, 1.82) is 0 Å². The molecule has 6 aromatic rings. The molecule has 3 aromatic carbocycles. The Kier molecular flexibility index (Phi) is 2.54. The van der Waals surface area contributed by atoms with Gasteiger partial charge in [-0.05, 0) is 79.1 Å². The molecule has 0 unspecified atom stereocenters. The van der Waals surface area contributed by atoms with E-state index in [9.17, 15) is 0 Å². The van der Waals surface area contributed by atoms with Crippen molar-refractivity contribution in [1.82, 2.24) is 0 Å². The third kappa shape index (κ3) is 1.69. The molecule has 3 heteroatoms. The molecule has 3 heterocycles. The summed E-state index contributed by atoms with van der Waals surface area (Å²) in [5, 5.41) is 12.9. The fourth-order valence-electron chi connectivity index (χ4n) is 4.39. The van der Waals surface area contributed by atoms with Gasteiger partial charge in [-0.2, -0.15) is 0 Å². The minimum atomic E-state index is 1.06. The van der Waals surface area contributed by atoms with Gasteiger partial charge in [-0.25, -0.2) is 0 Å². The predicted octanol–water partition coefficient (Wildman–Crippen LogP) is 8.06. The zero-order chi connectivity index (χ0) is 16.8. The van der Waals surface area contributed by atoms with Crippen LogP contribution in [-0.2, 0) is 6.42 Å². The summed E-state index contributed by atoms with van der Waals surface area (Å²) in [7, 11) is 0. The van der Waals surface area contributed by atoms with Crippen molar-refractivity contribution < 1.29 is 0 Å². The van der Waals surface area contributed by atoms with Crippen LogP contribution in [0.25, 0.3) is 51.5 Å². The van der Waals surface area contributed by atoms with Gasteiger partial charge in [-0.3, -0.25) is 0 Å². The van der Waals surface area contributed by atoms with Crippen molar-refractivity contribution in [2.24, 2.45) is 0 Å². The number of thiophene rings is 3. The van der Waals surface area contributed by atoms with Crippen LogP contribution in [0.5, 0.6) is 0 Å². The van der Waals surface area contributed by atoms with Gasteiger partial charge in [-0.15, -0.1) is 34.0 Å². The maximum Gasteiger partial charge on any atom is 0.0527 e. The Hall–Kier alpha value is -2.20. The van der Waals surface area contributed by atoms with Gasteiger partial charge in [0.2, 0.25) is 0 Å². The quantitative estimate of drug-likeness (QED) is 0.248. The van der Waals surface area contributed by atoms with Crippen molar-refractivity contribution in [2.75, 3.05) is 0 Å². The Morgan fingerprint density at radius 2 is 1.65 bits per heavy atom. The minimum Gasteiger partial charge on any atom is -0.144 e. The van der Waals surface area contributed by atoms with E-state index in [0.717, 1.165) is 6.42 Å². The van der Waals surface area contributed by atoms with Crippen LogP contribution in [0.1, 0.15) is 11.1 Å². The average molecular weight is 385 g/mol. The molecule has 0 nitrogen and oxygen atoms in total. The number of fused-ring (bicyclic) bond motifs is 6. The predicted molar refractivity (Wildman–Crippen MR) is 118 cm³/mol. The van der Waals surface area contributed by atoms with Crippen LogP contribution >= 0.6 is 34.0 Å².